The van der Waals surface area contributed by atoms with E-state index in [1.807, 2.05) is 0 Å². The number of amides is 1. The number of halogens is 2. The Morgan fingerprint density at radius 3 is 2.65 bits per heavy atom. The largest absolute Gasteiger partial charge is 0.409 e. The summed E-state index contributed by atoms with van der Waals surface area (Å²) in [6, 6.07) is 4.16. The fourth-order valence-corrected chi connectivity index (χ4v) is 2.56. The van der Waals surface area contributed by atoms with Crippen molar-refractivity contribution in [3.8, 4) is 0 Å². The summed E-state index contributed by atoms with van der Waals surface area (Å²) in [7, 11) is 0. The van der Waals surface area contributed by atoms with Crippen molar-refractivity contribution in [2.24, 2.45) is 16.8 Å². The number of rotatable bonds is 2. The van der Waals surface area contributed by atoms with Crippen molar-refractivity contribution in [3.05, 3.63) is 34.6 Å². The molecule has 0 radical (unpaired) electrons. The van der Waals surface area contributed by atoms with Crippen LogP contribution in [0.4, 0.5) is 4.39 Å². The zero-order valence-corrected chi connectivity index (χ0v) is 11.5. The lowest BCUT2D eigenvalue weighted by Gasteiger charge is -2.31. The van der Waals surface area contributed by atoms with Gasteiger partial charge in [0.15, 0.2) is 0 Å². The Labute approximate surface area is 120 Å². The SMILES string of the molecule is NC(=NO)C1CCN(C(=O)c2c(F)cccc2Cl)CC1. The van der Waals surface area contributed by atoms with Gasteiger partial charge in [0.1, 0.15) is 11.7 Å². The molecule has 1 heterocycles. The van der Waals surface area contributed by atoms with Crippen LogP contribution in [0.25, 0.3) is 0 Å². The average molecular weight is 300 g/mol. The molecule has 0 aromatic heterocycles. The normalized spacial score (nSPS) is 17.3. The Bertz CT molecular complexity index is 522. The minimum absolute atomic E-state index is 0.0554. The minimum atomic E-state index is -0.624. The van der Waals surface area contributed by atoms with Gasteiger partial charge in [-0.05, 0) is 25.0 Å². The lowest BCUT2D eigenvalue weighted by atomic mass is 9.95. The first-order valence-electron chi connectivity index (χ1n) is 6.25. The Morgan fingerprint density at radius 2 is 2.10 bits per heavy atom. The van der Waals surface area contributed by atoms with Gasteiger partial charge in [-0.3, -0.25) is 4.79 Å². The van der Waals surface area contributed by atoms with E-state index in [1.165, 1.54) is 23.1 Å². The van der Waals surface area contributed by atoms with E-state index in [2.05, 4.69) is 5.16 Å². The maximum Gasteiger partial charge on any atom is 0.258 e. The van der Waals surface area contributed by atoms with Gasteiger partial charge >= 0.3 is 0 Å². The number of likely N-dealkylation sites (tertiary alicyclic amines) is 1. The van der Waals surface area contributed by atoms with Gasteiger partial charge in [-0.2, -0.15) is 0 Å². The molecule has 20 heavy (non-hydrogen) atoms. The first-order valence-corrected chi connectivity index (χ1v) is 6.63. The second-order valence-corrected chi connectivity index (χ2v) is 5.10. The molecule has 1 amide bonds. The van der Waals surface area contributed by atoms with Gasteiger partial charge in [0.25, 0.3) is 5.91 Å². The minimum Gasteiger partial charge on any atom is -0.409 e. The van der Waals surface area contributed by atoms with Gasteiger partial charge in [-0.1, -0.05) is 22.8 Å². The topological polar surface area (TPSA) is 78.9 Å². The summed E-state index contributed by atoms with van der Waals surface area (Å²) < 4.78 is 13.7. The molecular weight excluding hydrogens is 285 g/mol. The predicted molar refractivity (Wildman–Crippen MR) is 73.4 cm³/mol. The van der Waals surface area contributed by atoms with Gasteiger partial charge in [-0.25, -0.2) is 4.39 Å². The highest BCUT2D eigenvalue weighted by atomic mass is 35.5. The van der Waals surface area contributed by atoms with Gasteiger partial charge < -0.3 is 15.8 Å². The first kappa shape index (κ1) is 14.6. The standard InChI is InChI=1S/C13H15ClFN3O2/c14-9-2-1-3-10(15)11(9)13(19)18-6-4-8(5-7-18)12(16)17-20/h1-3,8,20H,4-7H2,(H2,16,17). The van der Waals surface area contributed by atoms with Crippen LogP contribution in [0.3, 0.4) is 0 Å². The number of nitrogens with two attached hydrogens (primary N) is 1. The molecule has 3 N–H and O–H groups in total. The zero-order chi connectivity index (χ0) is 14.7. The molecule has 0 saturated carbocycles. The molecule has 108 valence electrons. The summed E-state index contributed by atoms with van der Waals surface area (Å²) in [5.74, 6) is -0.937. The van der Waals surface area contributed by atoms with Crippen LogP contribution >= 0.6 is 11.6 Å². The number of hydrogen-bond donors (Lipinski definition) is 2. The Kier molecular flexibility index (Phi) is 4.44. The summed E-state index contributed by atoms with van der Waals surface area (Å²) >= 11 is 5.89. The van der Waals surface area contributed by atoms with E-state index in [-0.39, 0.29) is 22.3 Å². The van der Waals surface area contributed by atoms with Crippen LogP contribution in [0.2, 0.25) is 5.02 Å². The molecule has 0 unspecified atom stereocenters. The van der Waals surface area contributed by atoms with E-state index in [4.69, 9.17) is 22.5 Å². The molecule has 5 nitrogen and oxygen atoms in total. The van der Waals surface area contributed by atoms with Crippen molar-refractivity contribution in [2.45, 2.75) is 12.8 Å². The van der Waals surface area contributed by atoms with Crippen molar-refractivity contribution in [3.63, 3.8) is 0 Å². The highest BCUT2D eigenvalue weighted by molar-refractivity contribution is 6.33. The van der Waals surface area contributed by atoms with Crippen LogP contribution in [0, 0.1) is 11.7 Å². The number of carbonyl (C=O) groups excluding carboxylic acids is 1. The smallest absolute Gasteiger partial charge is 0.258 e. The van der Waals surface area contributed by atoms with Crippen LogP contribution in [-0.4, -0.2) is 34.9 Å². The second-order valence-electron chi connectivity index (χ2n) is 4.69. The number of benzene rings is 1. The van der Waals surface area contributed by atoms with Crippen LogP contribution < -0.4 is 5.73 Å². The third kappa shape index (κ3) is 2.85. The van der Waals surface area contributed by atoms with Crippen LogP contribution in [0.15, 0.2) is 23.4 Å². The summed E-state index contributed by atoms with van der Waals surface area (Å²) in [4.78, 5) is 13.8. The highest BCUT2D eigenvalue weighted by Crippen LogP contribution is 2.24. The number of oxime groups is 1. The van der Waals surface area contributed by atoms with E-state index >= 15 is 0 Å². The zero-order valence-electron chi connectivity index (χ0n) is 10.7. The number of carbonyl (C=O) groups is 1. The second kappa shape index (κ2) is 6.09. The van der Waals surface area contributed by atoms with E-state index in [0.29, 0.717) is 25.9 Å². The van der Waals surface area contributed by atoms with Gasteiger partial charge in [-0.15, -0.1) is 0 Å². The first-order chi connectivity index (χ1) is 9.54. The van der Waals surface area contributed by atoms with Crippen LogP contribution in [0.1, 0.15) is 23.2 Å². The van der Waals surface area contributed by atoms with Crippen LogP contribution in [0.5, 0.6) is 0 Å². The number of hydrogen-bond acceptors (Lipinski definition) is 3. The van der Waals surface area contributed by atoms with E-state index < -0.39 is 11.7 Å². The maximum absolute atomic E-state index is 13.7. The van der Waals surface area contributed by atoms with E-state index in [9.17, 15) is 9.18 Å². The van der Waals surface area contributed by atoms with Crippen LogP contribution in [-0.2, 0) is 0 Å². The summed E-state index contributed by atoms with van der Waals surface area (Å²) in [5.41, 5.74) is 5.44. The van der Waals surface area contributed by atoms with Gasteiger partial charge in [0.2, 0.25) is 0 Å². The van der Waals surface area contributed by atoms with Crippen molar-refractivity contribution in [2.75, 3.05) is 13.1 Å². The monoisotopic (exact) mass is 299 g/mol. The fourth-order valence-electron chi connectivity index (χ4n) is 2.32. The molecule has 0 aliphatic carbocycles. The van der Waals surface area contributed by atoms with Gasteiger partial charge in [0.05, 0.1) is 10.6 Å². The number of nitrogens with zero attached hydrogens (tertiary/aromatic N) is 2. The molecule has 1 aromatic rings. The molecule has 1 fully saturated rings. The third-order valence-corrected chi connectivity index (χ3v) is 3.81. The lowest BCUT2D eigenvalue weighted by molar-refractivity contribution is 0.0704. The van der Waals surface area contributed by atoms with Crippen molar-refractivity contribution in [1.29, 1.82) is 0 Å². The molecule has 7 heteroatoms. The van der Waals surface area contributed by atoms with Crippen molar-refractivity contribution in [1.82, 2.24) is 4.90 Å². The Balaban J connectivity index is 2.09. The van der Waals surface area contributed by atoms with Crippen molar-refractivity contribution >= 4 is 23.3 Å². The Morgan fingerprint density at radius 1 is 1.45 bits per heavy atom. The van der Waals surface area contributed by atoms with E-state index in [0.717, 1.165) is 0 Å². The predicted octanol–water partition coefficient (Wildman–Crippen LogP) is 2.08. The molecule has 2 rings (SSSR count). The van der Waals surface area contributed by atoms with Gasteiger partial charge in [0, 0.05) is 19.0 Å². The molecular formula is C13H15ClFN3O2. The molecule has 0 bridgehead atoms. The molecule has 1 aliphatic rings. The maximum atomic E-state index is 13.7. The number of amidine groups is 1. The Hall–Kier alpha value is -1.82. The number of piperidine rings is 1. The van der Waals surface area contributed by atoms with E-state index in [1.54, 1.807) is 0 Å². The molecule has 0 atom stereocenters. The molecule has 1 aromatic carbocycles. The third-order valence-electron chi connectivity index (χ3n) is 3.49. The quantitative estimate of drug-likeness (QED) is 0.380. The summed E-state index contributed by atoms with van der Waals surface area (Å²) in [5, 5.41) is 11.7. The highest BCUT2D eigenvalue weighted by Gasteiger charge is 2.28. The summed E-state index contributed by atoms with van der Waals surface area (Å²) in [6.07, 6.45) is 1.15. The van der Waals surface area contributed by atoms with Crippen molar-refractivity contribution < 1.29 is 14.4 Å². The lowest BCUT2D eigenvalue weighted by Crippen LogP contribution is -2.42. The molecule has 0 spiro atoms. The molecule has 1 saturated heterocycles. The summed E-state index contributed by atoms with van der Waals surface area (Å²) in [6.45, 7) is 0.842. The average Bonchev–Trinajstić information content (AvgIpc) is 2.46. The molecule has 1 aliphatic heterocycles. The fraction of sp³-hybridized carbons (Fsp3) is 0.385.